The lowest BCUT2D eigenvalue weighted by Gasteiger charge is -2.29. The Hall–Kier alpha value is -0.910. The van der Waals surface area contributed by atoms with E-state index in [0.717, 1.165) is 6.42 Å². The van der Waals surface area contributed by atoms with Crippen molar-refractivity contribution < 1.29 is 45.1 Å². The minimum absolute atomic E-state index is 0.0499. The van der Waals surface area contributed by atoms with Crippen molar-refractivity contribution in [2.24, 2.45) is 17.8 Å². The monoisotopic (exact) mass is 388 g/mol. The molecule has 2 bridgehead atoms. The lowest BCUT2D eigenvalue weighted by atomic mass is 9.86. The van der Waals surface area contributed by atoms with Crippen LogP contribution in [0, 0.1) is 17.8 Å². The lowest BCUT2D eigenvalue weighted by molar-refractivity contribution is -0.219. The third-order valence-electron chi connectivity index (χ3n) is 4.94. The summed E-state index contributed by atoms with van der Waals surface area (Å²) in [7, 11) is -4.94. The van der Waals surface area contributed by atoms with E-state index in [4.69, 9.17) is 14.0 Å². The van der Waals surface area contributed by atoms with Crippen LogP contribution in [-0.4, -0.2) is 62.4 Å². The number of hydrogen-bond acceptors (Lipinski definition) is 6. The molecule has 3 fully saturated rings. The van der Waals surface area contributed by atoms with Gasteiger partial charge in [0.05, 0.1) is 25.2 Å². The molecule has 0 aromatic rings. The molecule has 0 spiro atoms. The standard InChI is InChI=1S/C14H19F3O7S/c15-14(16,17)12(6-25(19,20)21)24-13(18)10-2-7-1-9(10)11(3-7)23-5-8-4-22-8/h7-12H,1-6H2,(H,19,20,21). The van der Waals surface area contributed by atoms with E-state index in [2.05, 4.69) is 4.74 Å². The van der Waals surface area contributed by atoms with Crippen molar-refractivity contribution in [3.05, 3.63) is 0 Å². The van der Waals surface area contributed by atoms with Crippen LogP contribution in [0.5, 0.6) is 0 Å². The molecule has 0 radical (unpaired) electrons. The number of carbonyl (C=O) groups excluding carboxylic acids is 1. The van der Waals surface area contributed by atoms with Crippen LogP contribution in [0.1, 0.15) is 19.3 Å². The van der Waals surface area contributed by atoms with E-state index < -0.39 is 40.0 Å². The summed E-state index contributed by atoms with van der Waals surface area (Å²) >= 11 is 0. The van der Waals surface area contributed by atoms with Gasteiger partial charge in [0.1, 0.15) is 11.9 Å². The van der Waals surface area contributed by atoms with E-state index in [1.807, 2.05) is 0 Å². The van der Waals surface area contributed by atoms with Crippen LogP contribution >= 0.6 is 0 Å². The van der Waals surface area contributed by atoms with Gasteiger partial charge in [-0.15, -0.1) is 0 Å². The normalized spacial score (nSPS) is 35.6. The van der Waals surface area contributed by atoms with E-state index in [-0.39, 0.29) is 24.0 Å². The fourth-order valence-corrected chi connectivity index (χ4v) is 4.40. The predicted molar refractivity (Wildman–Crippen MR) is 76.2 cm³/mol. The average molecular weight is 388 g/mol. The molecule has 1 aliphatic heterocycles. The van der Waals surface area contributed by atoms with E-state index in [0.29, 0.717) is 26.1 Å². The highest BCUT2D eigenvalue weighted by molar-refractivity contribution is 7.85. The van der Waals surface area contributed by atoms with Crippen molar-refractivity contribution in [1.29, 1.82) is 0 Å². The van der Waals surface area contributed by atoms with Crippen LogP contribution in [0.25, 0.3) is 0 Å². The average Bonchev–Trinajstić information content (AvgIpc) is 3.08. The van der Waals surface area contributed by atoms with Crippen molar-refractivity contribution in [3.8, 4) is 0 Å². The molecule has 2 aliphatic carbocycles. The smallest absolute Gasteiger partial charge is 0.426 e. The number of esters is 1. The molecular weight excluding hydrogens is 369 g/mol. The van der Waals surface area contributed by atoms with Crippen LogP contribution in [-0.2, 0) is 29.1 Å². The third kappa shape index (κ3) is 4.83. The molecule has 3 aliphatic rings. The highest BCUT2D eigenvalue weighted by Gasteiger charge is 2.53. The first-order valence-electron chi connectivity index (χ1n) is 7.98. The summed E-state index contributed by atoms with van der Waals surface area (Å²) in [5.74, 6) is -3.61. The number of fused-ring (bicyclic) bond motifs is 2. The van der Waals surface area contributed by atoms with Crippen molar-refractivity contribution in [2.45, 2.75) is 43.8 Å². The second-order valence-corrected chi connectivity index (χ2v) is 8.38. The summed E-state index contributed by atoms with van der Waals surface area (Å²) in [6.07, 6.45) is -6.32. The van der Waals surface area contributed by atoms with Gasteiger partial charge in [0.15, 0.2) is 0 Å². The number of ether oxygens (including phenoxy) is 3. The highest BCUT2D eigenvalue weighted by Crippen LogP contribution is 2.50. The Balaban J connectivity index is 1.61. The minimum atomic E-state index is -5.08. The van der Waals surface area contributed by atoms with Gasteiger partial charge >= 0.3 is 12.1 Å². The molecule has 25 heavy (non-hydrogen) atoms. The van der Waals surface area contributed by atoms with E-state index >= 15 is 0 Å². The second-order valence-electron chi connectivity index (χ2n) is 6.89. The van der Waals surface area contributed by atoms with Crippen molar-refractivity contribution in [1.82, 2.24) is 0 Å². The molecule has 7 nitrogen and oxygen atoms in total. The maximum atomic E-state index is 12.9. The number of rotatable bonds is 7. The fraction of sp³-hybridized carbons (Fsp3) is 0.929. The molecular formula is C14H19F3O7S. The zero-order valence-electron chi connectivity index (χ0n) is 13.1. The molecule has 6 unspecified atom stereocenters. The minimum Gasteiger partial charge on any atom is -0.451 e. The molecule has 0 amide bonds. The maximum absolute atomic E-state index is 12.9. The number of carbonyl (C=O) groups is 1. The van der Waals surface area contributed by atoms with Gasteiger partial charge in [0.2, 0.25) is 6.10 Å². The quantitative estimate of drug-likeness (QED) is 0.397. The lowest BCUT2D eigenvalue weighted by Crippen LogP contribution is -2.42. The first kappa shape index (κ1) is 18.9. The summed E-state index contributed by atoms with van der Waals surface area (Å²) in [6.45, 7) is 1.01. The van der Waals surface area contributed by atoms with Crippen LogP contribution in [0.15, 0.2) is 0 Å². The van der Waals surface area contributed by atoms with E-state index in [1.54, 1.807) is 0 Å². The Morgan fingerprint density at radius 2 is 1.96 bits per heavy atom. The van der Waals surface area contributed by atoms with Gasteiger partial charge in [0.25, 0.3) is 10.1 Å². The number of epoxide rings is 1. The molecule has 144 valence electrons. The molecule has 0 aromatic heterocycles. The Bertz CT molecular complexity index is 616. The molecule has 2 saturated carbocycles. The second kappa shape index (κ2) is 6.67. The van der Waals surface area contributed by atoms with Crippen molar-refractivity contribution >= 4 is 16.1 Å². The van der Waals surface area contributed by atoms with Gasteiger partial charge in [-0.05, 0) is 31.1 Å². The highest BCUT2D eigenvalue weighted by atomic mass is 32.2. The number of halogens is 3. The van der Waals surface area contributed by atoms with Gasteiger partial charge in [-0.25, -0.2) is 0 Å². The molecule has 1 heterocycles. The van der Waals surface area contributed by atoms with Gasteiger partial charge < -0.3 is 14.2 Å². The topological polar surface area (TPSA) is 102 Å². The molecule has 6 atom stereocenters. The molecule has 3 rings (SSSR count). The number of hydrogen-bond donors (Lipinski definition) is 1. The first-order valence-corrected chi connectivity index (χ1v) is 9.59. The first-order chi connectivity index (χ1) is 11.5. The van der Waals surface area contributed by atoms with Gasteiger partial charge in [-0.3, -0.25) is 9.35 Å². The molecule has 11 heteroatoms. The van der Waals surface area contributed by atoms with E-state index in [1.165, 1.54) is 0 Å². The Morgan fingerprint density at radius 1 is 1.28 bits per heavy atom. The van der Waals surface area contributed by atoms with Crippen molar-refractivity contribution in [3.63, 3.8) is 0 Å². The Morgan fingerprint density at radius 3 is 2.48 bits per heavy atom. The fourth-order valence-electron chi connectivity index (χ4n) is 3.76. The summed E-state index contributed by atoms with van der Waals surface area (Å²) < 4.78 is 84.0. The zero-order valence-corrected chi connectivity index (χ0v) is 14.0. The molecule has 0 aromatic carbocycles. The van der Waals surface area contributed by atoms with Gasteiger partial charge in [-0.2, -0.15) is 21.6 Å². The SMILES string of the molecule is O=C(OC(CS(=O)(=O)O)C(F)(F)F)C1CC2CC(OCC3CO3)C1C2. The molecule has 1 N–H and O–H groups in total. The maximum Gasteiger partial charge on any atom is 0.426 e. The van der Waals surface area contributed by atoms with Crippen LogP contribution < -0.4 is 0 Å². The Kier molecular flexibility index (Phi) is 5.04. The zero-order chi connectivity index (χ0) is 18.4. The molecule has 1 saturated heterocycles. The van der Waals surface area contributed by atoms with Crippen LogP contribution in [0.2, 0.25) is 0 Å². The summed E-state index contributed by atoms with van der Waals surface area (Å²) in [5, 5.41) is 0. The summed E-state index contributed by atoms with van der Waals surface area (Å²) in [4.78, 5) is 12.2. The third-order valence-corrected chi connectivity index (χ3v) is 5.66. The number of alkyl halides is 3. The Labute approximate surface area is 142 Å². The van der Waals surface area contributed by atoms with Gasteiger partial charge in [0, 0.05) is 0 Å². The van der Waals surface area contributed by atoms with Gasteiger partial charge in [-0.1, -0.05) is 0 Å². The van der Waals surface area contributed by atoms with Crippen molar-refractivity contribution in [2.75, 3.05) is 19.0 Å². The predicted octanol–water partition coefficient (Wildman–Crippen LogP) is 1.18. The largest absolute Gasteiger partial charge is 0.451 e. The van der Waals surface area contributed by atoms with Crippen LogP contribution in [0.4, 0.5) is 13.2 Å². The summed E-state index contributed by atoms with van der Waals surface area (Å²) in [5.41, 5.74) is 0. The van der Waals surface area contributed by atoms with E-state index in [9.17, 15) is 26.4 Å². The summed E-state index contributed by atoms with van der Waals surface area (Å²) in [6, 6.07) is 0. The van der Waals surface area contributed by atoms with Crippen LogP contribution in [0.3, 0.4) is 0 Å².